The zero-order chi connectivity index (χ0) is 16.4. The summed E-state index contributed by atoms with van der Waals surface area (Å²) in [5, 5.41) is 3.28. The van der Waals surface area contributed by atoms with Crippen LogP contribution < -0.4 is 5.32 Å². The molecule has 1 N–H and O–H groups in total. The highest BCUT2D eigenvalue weighted by Crippen LogP contribution is 2.24. The number of nitrogens with one attached hydrogen (secondary N) is 1. The van der Waals surface area contributed by atoms with E-state index in [1.54, 1.807) is 24.3 Å². The number of aromatic nitrogens is 2. The summed E-state index contributed by atoms with van der Waals surface area (Å²) in [6.07, 6.45) is 0. The van der Waals surface area contributed by atoms with E-state index in [1.807, 2.05) is 32.0 Å². The quantitative estimate of drug-likeness (QED) is 0.780. The Bertz CT molecular complexity index is 836. The van der Waals surface area contributed by atoms with Crippen LogP contribution in [0.25, 0.3) is 11.3 Å². The number of furan rings is 1. The number of halogens is 1. The van der Waals surface area contributed by atoms with Crippen LogP contribution in [0.5, 0.6) is 0 Å². The fraction of sp³-hybridized carbons (Fsp3) is 0.118. The van der Waals surface area contributed by atoms with Crippen molar-refractivity contribution >= 4 is 23.5 Å². The number of amides is 1. The Labute approximate surface area is 138 Å². The van der Waals surface area contributed by atoms with Crippen molar-refractivity contribution in [2.24, 2.45) is 0 Å². The van der Waals surface area contributed by atoms with Crippen molar-refractivity contribution in [3.8, 4) is 11.3 Å². The fourth-order valence-corrected chi connectivity index (χ4v) is 2.30. The first-order chi connectivity index (χ1) is 11.0. The first-order valence-corrected chi connectivity index (χ1v) is 7.38. The topological polar surface area (TPSA) is 68.0 Å². The Morgan fingerprint density at radius 3 is 2.35 bits per heavy atom. The van der Waals surface area contributed by atoms with Gasteiger partial charge in [0, 0.05) is 22.0 Å². The van der Waals surface area contributed by atoms with Crippen LogP contribution in [0, 0.1) is 13.8 Å². The van der Waals surface area contributed by atoms with Gasteiger partial charge in [0.05, 0.1) is 0 Å². The molecule has 3 rings (SSSR count). The molecule has 2 heterocycles. The molecule has 2 aromatic heterocycles. The Morgan fingerprint density at radius 1 is 1.04 bits per heavy atom. The summed E-state index contributed by atoms with van der Waals surface area (Å²) in [6.45, 7) is 3.69. The van der Waals surface area contributed by atoms with Gasteiger partial charge in [0.2, 0.25) is 5.95 Å². The molecule has 6 heteroatoms. The molecule has 0 atom stereocenters. The molecule has 0 spiro atoms. The maximum Gasteiger partial charge on any atom is 0.293 e. The summed E-state index contributed by atoms with van der Waals surface area (Å²) in [5.74, 6) is 0.651. The monoisotopic (exact) mass is 327 g/mol. The summed E-state index contributed by atoms with van der Waals surface area (Å²) in [7, 11) is 0. The highest BCUT2D eigenvalue weighted by Gasteiger charge is 2.14. The van der Waals surface area contributed by atoms with E-state index < -0.39 is 5.91 Å². The van der Waals surface area contributed by atoms with Crippen LogP contribution in [0.4, 0.5) is 5.95 Å². The molecule has 23 heavy (non-hydrogen) atoms. The first-order valence-electron chi connectivity index (χ1n) is 7.01. The number of carbonyl (C=O) groups excluding carboxylic acids is 1. The molecule has 1 aromatic carbocycles. The van der Waals surface area contributed by atoms with E-state index in [0.29, 0.717) is 10.8 Å². The SMILES string of the molecule is Cc1cc(C)nc(NC(=O)c2ccc(-c3ccc(Cl)cc3)o2)n1. The van der Waals surface area contributed by atoms with Crippen molar-refractivity contribution in [1.29, 1.82) is 0 Å². The molecule has 1 amide bonds. The summed E-state index contributed by atoms with van der Waals surface area (Å²) < 4.78 is 5.59. The van der Waals surface area contributed by atoms with Gasteiger partial charge in [-0.15, -0.1) is 0 Å². The number of benzene rings is 1. The fourth-order valence-electron chi connectivity index (χ4n) is 2.17. The maximum atomic E-state index is 12.2. The van der Waals surface area contributed by atoms with E-state index in [-0.39, 0.29) is 11.7 Å². The Morgan fingerprint density at radius 2 is 1.70 bits per heavy atom. The molecule has 0 saturated heterocycles. The van der Waals surface area contributed by atoms with E-state index in [9.17, 15) is 4.79 Å². The molecule has 0 aliphatic heterocycles. The Kier molecular flexibility index (Phi) is 4.12. The molecule has 0 aliphatic rings. The average molecular weight is 328 g/mol. The third-order valence-electron chi connectivity index (χ3n) is 3.17. The third kappa shape index (κ3) is 3.57. The molecular weight excluding hydrogens is 314 g/mol. The molecular formula is C17H14ClN3O2. The van der Waals surface area contributed by atoms with Crippen LogP contribution in [0.1, 0.15) is 21.9 Å². The van der Waals surface area contributed by atoms with Gasteiger partial charge in [-0.3, -0.25) is 10.1 Å². The van der Waals surface area contributed by atoms with Gasteiger partial charge in [-0.05, 0) is 56.3 Å². The molecule has 0 saturated carbocycles. The number of hydrogen-bond acceptors (Lipinski definition) is 4. The lowest BCUT2D eigenvalue weighted by molar-refractivity contribution is 0.0996. The van der Waals surface area contributed by atoms with Crippen molar-refractivity contribution in [3.05, 3.63) is 64.6 Å². The largest absolute Gasteiger partial charge is 0.451 e. The number of rotatable bonds is 3. The van der Waals surface area contributed by atoms with Crippen molar-refractivity contribution in [2.75, 3.05) is 5.32 Å². The van der Waals surface area contributed by atoms with Crippen LogP contribution in [0.3, 0.4) is 0 Å². The zero-order valence-corrected chi connectivity index (χ0v) is 13.4. The molecule has 0 radical (unpaired) electrons. The molecule has 5 nitrogen and oxygen atoms in total. The lowest BCUT2D eigenvalue weighted by atomic mass is 10.2. The normalized spacial score (nSPS) is 10.6. The van der Waals surface area contributed by atoms with Crippen molar-refractivity contribution in [1.82, 2.24) is 9.97 Å². The highest BCUT2D eigenvalue weighted by molar-refractivity contribution is 6.30. The summed E-state index contributed by atoms with van der Waals surface area (Å²) in [4.78, 5) is 20.6. The smallest absolute Gasteiger partial charge is 0.293 e. The van der Waals surface area contributed by atoms with Crippen molar-refractivity contribution in [3.63, 3.8) is 0 Å². The second-order valence-corrected chi connectivity index (χ2v) is 5.54. The Hall–Kier alpha value is -2.66. The number of hydrogen-bond donors (Lipinski definition) is 1. The minimum absolute atomic E-state index is 0.192. The summed E-state index contributed by atoms with van der Waals surface area (Å²) in [6, 6.07) is 12.4. The lowest BCUT2D eigenvalue weighted by Gasteiger charge is -2.04. The third-order valence-corrected chi connectivity index (χ3v) is 3.42. The molecule has 0 fully saturated rings. The van der Waals surface area contributed by atoms with Gasteiger partial charge in [-0.25, -0.2) is 9.97 Å². The predicted octanol–water partition coefficient (Wildman–Crippen LogP) is 4.26. The highest BCUT2D eigenvalue weighted by atomic mass is 35.5. The van der Waals surface area contributed by atoms with Gasteiger partial charge in [0.25, 0.3) is 5.91 Å². The molecule has 116 valence electrons. The first kappa shape index (κ1) is 15.2. The van der Waals surface area contributed by atoms with Crippen molar-refractivity contribution in [2.45, 2.75) is 13.8 Å². The molecule has 0 bridgehead atoms. The van der Waals surface area contributed by atoms with E-state index in [2.05, 4.69) is 15.3 Å². The average Bonchev–Trinajstić information content (AvgIpc) is 2.97. The second kappa shape index (κ2) is 6.22. The Balaban J connectivity index is 1.79. The number of carbonyl (C=O) groups is 1. The van der Waals surface area contributed by atoms with Crippen LogP contribution in [0.15, 0.2) is 46.9 Å². The van der Waals surface area contributed by atoms with Crippen LogP contribution in [0.2, 0.25) is 5.02 Å². The predicted molar refractivity (Wildman–Crippen MR) is 88.6 cm³/mol. The molecule has 0 aliphatic carbocycles. The lowest BCUT2D eigenvalue weighted by Crippen LogP contribution is -2.14. The van der Waals surface area contributed by atoms with Gasteiger partial charge >= 0.3 is 0 Å². The van der Waals surface area contributed by atoms with Crippen LogP contribution in [-0.4, -0.2) is 15.9 Å². The minimum Gasteiger partial charge on any atom is -0.451 e. The van der Waals surface area contributed by atoms with Crippen molar-refractivity contribution < 1.29 is 9.21 Å². The molecule has 3 aromatic rings. The zero-order valence-electron chi connectivity index (χ0n) is 12.6. The van der Waals surface area contributed by atoms with Gasteiger partial charge in [-0.1, -0.05) is 11.6 Å². The second-order valence-electron chi connectivity index (χ2n) is 5.10. The van der Waals surface area contributed by atoms with E-state index in [4.69, 9.17) is 16.0 Å². The minimum atomic E-state index is -0.393. The van der Waals surface area contributed by atoms with E-state index >= 15 is 0 Å². The van der Waals surface area contributed by atoms with Crippen LogP contribution >= 0.6 is 11.6 Å². The molecule has 0 unspecified atom stereocenters. The van der Waals surface area contributed by atoms with Gasteiger partial charge in [-0.2, -0.15) is 0 Å². The van der Waals surface area contributed by atoms with Gasteiger partial charge in [0.1, 0.15) is 5.76 Å². The van der Waals surface area contributed by atoms with E-state index in [0.717, 1.165) is 17.0 Å². The van der Waals surface area contributed by atoms with Crippen LogP contribution in [-0.2, 0) is 0 Å². The van der Waals surface area contributed by atoms with Gasteiger partial charge < -0.3 is 4.42 Å². The summed E-state index contributed by atoms with van der Waals surface area (Å²) >= 11 is 5.86. The summed E-state index contributed by atoms with van der Waals surface area (Å²) in [5.41, 5.74) is 2.42. The van der Waals surface area contributed by atoms with E-state index in [1.165, 1.54) is 0 Å². The maximum absolute atomic E-state index is 12.2. The number of aryl methyl sites for hydroxylation is 2. The number of anilines is 1. The standard InChI is InChI=1S/C17H14ClN3O2/c1-10-9-11(2)20-17(19-10)21-16(22)15-8-7-14(23-15)12-3-5-13(18)6-4-12/h3-9H,1-2H3,(H,19,20,21,22). The number of nitrogens with zero attached hydrogens (tertiary/aromatic N) is 2. The van der Waals surface area contributed by atoms with Gasteiger partial charge in [0.15, 0.2) is 5.76 Å².